The van der Waals surface area contributed by atoms with Crippen molar-refractivity contribution in [2.24, 2.45) is 5.73 Å². The first-order valence-electron chi connectivity index (χ1n) is 43.2. The molecule has 0 saturated heterocycles. The van der Waals surface area contributed by atoms with Crippen molar-refractivity contribution in [2.45, 2.75) is 132 Å². The molecule has 5 aliphatic rings. The third-order valence-electron chi connectivity index (χ3n) is 22.1. The number of anilines is 1. The zero-order valence-corrected chi connectivity index (χ0v) is 74.3. The van der Waals surface area contributed by atoms with Gasteiger partial charge in [0.1, 0.15) is 23.1 Å². The number of fused-ring (bicyclic) bond motifs is 32. The number of amides is 10. The van der Waals surface area contributed by atoms with Gasteiger partial charge in [0.2, 0.25) is 60.0 Å². The fraction of sp³-hybridized carbons (Fsp3) is 0.333. The molecular weight excluding hydrogens is 1750 g/mol. The third-order valence-corrected chi connectivity index (χ3v) is 23.4. The lowest BCUT2D eigenvalue weighted by Crippen LogP contribution is -2.55. The molecule has 0 aromatic heterocycles. The topological polar surface area (TPSA) is 512 Å². The molecule has 7 aromatic carbocycles. The number of thiocarbonyl (C=S) groups is 1. The van der Waals surface area contributed by atoms with E-state index in [1.165, 1.54) is 64.0 Å². The molecule has 0 fully saturated rings. The molecule has 0 saturated carbocycles. The number of benzene rings is 8. The maximum absolute atomic E-state index is 15.0. The SMILES string of the molecule is NC(=O)[C@H](CCCCNC(=S)Nc1ccc(-c2c3ccc(=O)cc-3oc3cc(O)ccc23)c(C(=O)O)c1)NC(=O)CN1C[C@H](Cc2ccccc2)NC(=O)CN(C(=O)CCC(=O)O)C[C@H](CCC(=O)O)NC(=O)CN(C(=O)Cc2ccc3c(c2)OCO3)C[C@H](CCC(=O)O)NC(=O)CN(C(=O)CCc2ccccc2)C[C@H](Cc2ccccc2)NC(=O)c2ccc(cc2)CSCCC1=O. The number of carboxylic acids is 4. The Morgan fingerprint density at radius 1 is 0.549 bits per heavy atom. The fourth-order valence-corrected chi connectivity index (χ4v) is 16.7. The minimum absolute atomic E-state index is 0.00579. The second kappa shape index (κ2) is 48.8. The van der Waals surface area contributed by atoms with Crippen LogP contribution in [0.15, 0.2) is 197 Å². The van der Waals surface area contributed by atoms with Crippen molar-refractivity contribution >= 4 is 129 Å². The summed E-state index contributed by atoms with van der Waals surface area (Å²) in [7, 11) is 0. The van der Waals surface area contributed by atoms with Gasteiger partial charge in [0.25, 0.3) is 5.91 Å². The summed E-state index contributed by atoms with van der Waals surface area (Å²) >= 11 is 6.94. The van der Waals surface area contributed by atoms with E-state index in [0.29, 0.717) is 57.0 Å². The summed E-state index contributed by atoms with van der Waals surface area (Å²) in [6.07, 6.45) is -3.23. The highest BCUT2D eigenvalue weighted by molar-refractivity contribution is 7.98. The molecule has 12 rings (SSSR count). The van der Waals surface area contributed by atoms with E-state index in [0.717, 1.165) is 26.5 Å². The van der Waals surface area contributed by atoms with E-state index < -0.39 is 197 Å². The normalized spacial score (nSPS) is 16.6. The van der Waals surface area contributed by atoms with Crippen LogP contribution in [-0.2, 0) is 89.0 Å². The summed E-state index contributed by atoms with van der Waals surface area (Å²) < 4.78 is 17.0. The maximum Gasteiger partial charge on any atom is 0.336 e. The first-order valence-corrected chi connectivity index (χ1v) is 44.8. The van der Waals surface area contributed by atoms with E-state index in [2.05, 4.69) is 37.2 Å². The highest BCUT2D eigenvalue weighted by atomic mass is 32.2. The minimum Gasteiger partial charge on any atom is -0.508 e. The van der Waals surface area contributed by atoms with Crippen molar-refractivity contribution in [2.75, 3.05) is 76.8 Å². The number of phenolic OH excluding ortho intramolecular Hbond substituents is 1. The van der Waals surface area contributed by atoms with Crippen LogP contribution in [0.2, 0.25) is 0 Å². The number of hydrogen-bond acceptors (Lipinski definition) is 21. The number of phenols is 1. The molecule has 14 N–H and O–H groups in total. The Balaban J connectivity index is 0.858. The predicted octanol–water partition coefficient (Wildman–Crippen LogP) is 7.28. The average molecular weight is 1860 g/mol. The maximum atomic E-state index is 15.0. The number of nitrogens with zero attached hydrogens (tertiary/aromatic N) is 4. The van der Waals surface area contributed by atoms with E-state index in [4.69, 9.17) is 31.8 Å². The molecule has 0 spiro atoms. The number of primary amides is 1. The number of carbonyl (C=O) groups excluding carboxylic acids is 10. The quantitative estimate of drug-likeness (QED) is 0.00909. The van der Waals surface area contributed by atoms with Gasteiger partial charge in [-0.2, -0.15) is 11.8 Å². The van der Waals surface area contributed by atoms with Crippen LogP contribution in [0.3, 0.4) is 0 Å². The predicted molar refractivity (Wildman–Crippen MR) is 495 cm³/mol. The van der Waals surface area contributed by atoms with Crippen LogP contribution in [0.25, 0.3) is 33.4 Å². The van der Waals surface area contributed by atoms with Crippen LogP contribution in [0.1, 0.15) is 119 Å². The Labute approximate surface area is 774 Å². The first-order chi connectivity index (χ1) is 63.9. The number of unbranched alkanes of at least 4 members (excludes halogenated alkanes) is 1. The molecule has 5 atom stereocenters. The third kappa shape index (κ3) is 31.0. The fourth-order valence-electron chi connectivity index (χ4n) is 15.6. The number of aromatic hydroxyl groups is 1. The summed E-state index contributed by atoms with van der Waals surface area (Å²) in [6.45, 7) is -4.86. The monoisotopic (exact) mass is 1860 g/mol. The molecule has 1 aliphatic carbocycles. The van der Waals surface area contributed by atoms with Gasteiger partial charge >= 0.3 is 23.9 Å². The van der Waals surface area contributed by atoms with Crippen LogP contribution >= 0.6 is 24.0 Å². The number of aryl methyl sites for hydroxylation is 1. The van der Waals surface area contributed by atoms with Crippen LogP contribution in [0.5, 0.6) is 17.2 Å². The molecule has 35 nitrogen and oxygen atoms in total. The lowest BCUT2D eigenvalue weighted by Gasteiger charge is -2.32. The van der Waals surface area contributed by atoms with Gasteiger partial charge in [-0.15, -0.1) is 0 Å². The minimum atomic E-state index is -1.40. The molecule has 37 heteroatoms. The van der Waals surface area contributed by atoms with Crippen LogP contribution in [-0.4, -0.2) is 235 Å². The standard InChI is InChI=1S/C96H104N12O23S2/c97-93(125)76(18-10-11-40-98-96(132)103-65-25-30-72(75(46-65)95(127)128)92-73-31-28-70(109)47-78(73)131-79-48-71(110)29-32-74(79)92)104-84(114)56-107-51-68(42-60-14-6-2-7-15-60)101-83(113)54-105(86(116)35-38-91(123)124)49-66(26-36-89(119)120)99-82(112)55-108(88(118)45-63-21-33-77-80(44-63)130-58-129-77)50-67(27-37-90(121)122)100-81(111)53-106(85(115)34-22-59-12-4-1-5-13-59)52-69(43-61-16-8-3-9-17-61)102-94(126)64-23-19-62(20-24-64)57-133-41-39-87(107)117/h1-9,12-17,19-21,23-25,28-33,44,46-48,66-69,76,109H,10-11,18,22,26-27,34-43,45,49-58H2,(H2,97,125)(H,99,112)(H,100,111)(H,101,113)(H,102,126)(H,104,114)(H,119,120)(H,121,122)(H,123,124)(H,127,128)(H2,98,103,132)/t66-,67-,68-,69-,76-/m0/s1. The zero-order valence-electron chi connectivity index (χ0n) is 72.6. The largest absolute Gasteiger partial charge is 0.508 e. The summed E-state index contributed by atoms with van der Waals surface area (Å²) in [4.78, 5) is 213. The van der Waals surface area contributed by atoms with Gasteiger partial charge in [-0.25, -0.2) is 4.79 Å². The molecule has 0 unspecified atom stereocenters. The molecule has 133 heavy (non-hydrogen) atoms. The van der Waals surface area contributed by atoms with E-state index in [-0.39, 0.29) is 121 Å². The molecule has 10 amide bonds. The van der Waals surface area contributed by atoms with Gasteiger partial charge < -0.3 is 102 Å². The molecule has 4 aliphatic heterocycles. The van der Waals surface area contributed by atoms with E-state index in [9.17, 15) is 97.5 Å². The Morgan fingerprint density at radius 3 is 1.73 bits per heavy atom. The van der Waals surface area contributed by atoms with Gasteiger partial charge in [0, 0.05) is 128 Å². The number of nitrogens with one attached hydrogen (secondary N) is 7. The molecule has 4 heterocycles. The van der Waals surface area contributed by atoms with Crippen molar-refractivity contribution in [3.8, 4) is 39.7 Å². The molecule has 698 valence electrons. The van der Waals surface area contributed by atoms with Crippen LogP contribution < -0.4 is 57.9 Å². The molecule has 7 aromatic rings. The van der Waals surface area contributed by atoms with Gasteiger partial charge in [-0.1, -0.05) is 115 Å². The van der Waals surface area contributed by atoms with E-state index in [1.807, 2.05) is 48.5 Å². The molecule has 2 bridgehead atoms. The number of carboxylic acid groups (broad SMARTS) is 4. The lowest BCUT2D eigenvalue weighted by molar-refractivity contribution is -0.142. The number of ether oxygens (including phenoxy) is 2. The van der Waals surface area contributed by atoms with E-state index in [1.54, 1.807) is 97.1 Å². The number of hydrogen-bond donors (Lipinski definition) is 13. The van der Waals surface area contributed by atoms with Crippen molar-refractivity contribution < 1.29 is 107 Å². The van der Waals surface area contributed by atoms with Crippen molar-refractivity contribution in [3.63, 3.8) is 0 Å². The second-order valence-corrected chi connectivity index (χ2v) is 33.8. The van der Waals surface area contributed by atoms with Crippen molar-refractivity contribution in [1.29, 1.82) is 0 Å². The van der Waals surface area contributed by atoms with Gasteiger partial charge in [-0.05, 0) is 158 Å². The number of carbonyl (C=O) groups is 14. The Hall–Kier alpha value is -14.8. The summed E-state index contributed by atoms with van der Waals surface area (Å²) in [5.41, 5.74) is 10.6. The summed E-state index contributed by atoms with van der Waals surface area (Å²) in [5.74, 6) is -12.0. The highest BCUT2D eigenvalue weighted by Crippen LogP contribution is 2.43. The number of nitrogens with two attached hydrogens (primary N) is 1. The van der Waals surface area contributed by atoms with Crippen molar-refractivity contribution in [1.82, 2.24) is 51.5 Å². The Morgan fingerprint density at radius 2 is 1.12 bits per heavy atom. The number of aliphatic carboxylic acids is 3. The number of aromatic carboxylic acids is 1. The lowest BCUT2D eigenvalue weighted by atomic mass is 9.90. The Bertz CT molecular complexity index is 5740. The number of thioether (sulfide) groups is 1. The summed E-state index contributed by atoms with van der Waals surface area (Å²) in [6, 6.07) is 45.3. The van der Waals surface area contributed by atoms with Crippen molar-refractivity contribution in [3.05, 3.63) is 237 Å². The second-order valence-electron chi connectivity index (χ2n) is 32.3. The molecule has 0 radical (unpaired) electrons. The van der Waals surface area contributed by atoms with Gasteiger partial charge in [0.15, 0.2) is 22.0 Å². The smallest absolute Gasteiger partial charge is 0.336 e. The molecular formula is C96H104N12O23S2. The first kappa shape index (κ1) is 98.8. The Kier molecular flexibility index (Phi) is 36.2. The van der Waals surface area contributed by atoms with Crippen LogP contribution in [0.4, 0.5) is 5.69 Å². The average Bonchev–Trinajstić information content (AvgIpc) is 1.29. The van der Waals surface area contributed by atoms with Gasteiger partial charge in [-0.3, -0.25) is 67.1 Å². The highest BCUT2D eigenvalue weighted by Gasteiger charge is 2.34. The van der Waals surface area contributed by atoms with Crippen LogP contribution in [0, 0.1) is 0 Å². The zero-order chi connectivity index (χ0) is 95.0. The van der Waals surface area contributed by atoms with Gasteiger partial charge in [0.05, 0.1) is 56.7 Å². The van der Waals surface area contributed by atoms with E-state index >= 15 is 0 Å². The number of rotatable bonds is 30. The summed E-state index contributed by atoms with van der Waals surface area (Å²) in [5, 5.41) is 71.8.